The number of hydrogen-bond donors (Lipinski definition) is 1. The third-order valence-corrected chi connectivity index (χ3v) is 4.54. The maximum absolute atomic E-state index is 6.13. The minimum absolute atomic E-state index is 0.539. The zero-order valence-corrected chi connectivity index (χ0v) is 12.6. The van der Waals surface area contributed by atoms with Gasteiger partial charge in [-0.2, -0.15) is 0 Å². The third kappa shape index (κ3) is 2.22. The van der Waals surface area contributed by atoms with Crippen LogP contribution < -0.4 is 5.73 Å². The molecular weight excluding hydrogens is 337 g/mol. The molecule has 0 radical (unpaired) electrons. The van der Waals surface area contributed by atoms with Gasteiger partial charge in [-0.1, -0.05) is 25.7 Å². The number of rotatable bonds is 1. The van der Waals surface area contributed by atoms with Gasteiger partial charge in [0.1, 0.15) is 0 Å². The Hall–Kier alpha value is -0.780. The zero-order chi connectivity index (χ0) is 12.5. The molecule has 0 saturated heterocycles. The molecule has 3 nitrogen and oxygen atoms in total. The van der Waals surface area contributed by atoms with E-state index in [4.69, 9.17) is 5.73 Å². The van der Waals surface area contributed by atoms with Crippen LogP contribution in [0.1, 0.15) is 44.6 Å². The Morgan fingerprint density at radius 3 is 2.61 bits per heavy atom. The Morgan fingerprint density at radius 1 is 1.17 bits per heavy atom. The van der Waals surface area contributed by atoms with Gasteiger partial charge in [0.2, 0.25) is 5.95 Å². The van der Waals surface area contributed by atoms with Crippen molar-refractivity contribution in [2.45, 2.75) is 44.6 Å². The summed E-state index contributed by atoms with van der Waals surface area (Å²) in [6, 6.07) is 6.94. The molecule has 2 N–H and O–H groups in total. The predicted molar refractivity (Wildman–Crippen MR) is 83.6 cm³/mol. The molecule has 4 heteroatoms. The molecular formula is C14H18IN3. The fourth-order valence-corrected chi connectivity index (χ4v) is 3.47. The molecule has 0 aliphatic heterocycles. The molecule has 3 rings (SSSR count). The van der Waals surface area contributed by atoms with Crippen LogP contribution in [-0.4, -0.2) is 9.55 Å². The monoisotopic (exact) mass is 355 g/mol. The molecule has 1 aliphatic rings. The number of nitrogens with zero attached hydrogens (tertiary/aromatic N) is 2. The highest BCUT2D eigenvalue weighted by Crippen LogP contribution is 2.32. The molecule has 0 bridgehead atoms. The molecule has 18 heavy (non-hydrogen) atoms. The van der Waals surface area contributed by atoms with Crippen LogP contribution in [0.4, 0.5) is 5.95 Å². The molecule has 0 spiro atoms. The van der Waals surface area contributed by atoms with Crippen molar-refractivity contribution in [3.63, 3.8) is 0 Å². The quantitative estimate of drug-likeness (QED) is 0.618. The number of nitrogens with two attached hydrogens (primary N) is 1. The second-order valence-corrected chi connectivity index (χ2v) is 6.36. The summed E-state index contributed by atoms with van der Waals surface area (Å²) in [5, 5.41) is 0. The Labute approximate surface area is 121 Å². The number of anilines is 1. The van der Waals surface area contributed by atoms with Crippen molar-refractivity contribution < 1.29 is 0 Å². The molecule has 0 amide bonds. The van der Waals surface area contributed by atoms with E-state index >= 15 is 0 Å². The first-order valence-electron chi connectivity index (χ1n) is 6.68. The summed E-state index contributed by atoms with van der Waals surface area (Å²) < 4.78 is 3.47. The summed E-state index contributed by atoms with van der Waals surface area (Å²) in [6.07, 6.45) is 7.83. The van der Waals surface area contributed by atoms with Crippen LogP contribution in [0.15, 0.2) is 18.2 Å². The Bertz CT molecular complexity index is 553. The van der Waals surface area contributed by atoms with Crippen LogP contribution in [0.2, 0.25) is 0 Å². The highest BCUT2D eigenvalue weighted by molar-refractivity contribution is 14.1. The van der Waals surface area contributed by atoms with Crippen LogP contribution in [0, 0.1) is 3.57 Å². The molecule has 1 aromatic heterocycles. The normalized spacial score (nSPS) is 18.1. The number of benzene rings is 1. The van der Waals surface area contributed by atoms with Crippen molar-refractivity contribution in [3.8, 4) is 0 Å². The maximum Gasteiger partial charge on any atom is 0.201 e. The van der Waals surface area contributed by atoms with Gasteiger partial charge in [-0.15, -0.1) is 0 Å². The Kier molecular flexibility index (Phi) is 3.46. The van der Waals surface area contributed by atoms with E-state index in [0.29, 0.717) is 12.0 Å². The lowest BCUT2D eigenvalue weighted by Crippen LogP contribution is -2.11. The molecule has 1 aliphatic carbocycles. The summed E-state index contributed by atoms with van der Waals surface area (Å²) in [6.45, 7) is 0. The van der Waals surface area contributed by atoms with Crippen LogP contribution >= 0.6 is 22.6 Å². The van der Waals surface area contributed by atoms with Gasteiger partial charge in [-0.3, -0.25) is 0 Å². The standard InChI is InChI=1S/C14H18IN3/c15-10-7-8-13-12(9-10)17-14(16)18(13)11-5-3-1-2-4-6-11/h7-9,11H,1-6H2,(H2,16,17). The summed E-state index contributed by atoms with van der Waals surface area (Å²) in [7, 11) is 0. The van der Waals surface area contributed by atoms with Crippen molar-refractivity contribution in [1.82, 2.24) is 9.55 Å². The molecule has 96 valence electrons. The maximum atomic E-state index is 6.13. The fourth-order valence-electron chi connectivity index (χ4n) is 2.99. The van der Waals surface area contributed by atoms with Crippen molar-refractivity contribution in [2.24, 2.45) is 0 Å². The van der Waals surface area contributed by atoms with E-state index in [-0.39, 0.29) is 0 Å². The lowest BCUT2D eigenvalue weighted by Gasteiger charge is -2.18. The molecule has 0 unspecified atom stereocenters. The van der Waals surface area contributed by atoms with E-state index in [1.54, 1.807) is 0 Å². The molecule has 1 heterocycles. The second kappa shape index (κ2) is 5.07. The number of hydrogen-bond acceptors (Lipinski definition) is 2. The minimum atomic E-state index is 0.539. The van der Waals surface area contributed by atoms with Gasteiger partial charge in [0.25, 0.3) is 0 Å². The second-order valence-electron chi connectivity index (χ2n) is 5.12. The lowest BCUT2D eigenvalue weighted by atomic mass is 10.1. The summed E-state index contributed by atoms with van der Waals surface area (Å²) in [5.74, 6) is 0.680. The van der Waals surface area contributed by atoms with Gasteiger partial charge in [-0.05, 0) is 53.6 Å². The van der Waals surface area contributed by atoms with Crippen LogP contribution in [-0.2, 0) is 0 Å². The first kappa shape index (κ1) is 12.3. The highest BCUT2D eigenvalue weighted by atomic mass is 127. The van der Waals surface area contributed by atoms with Crippen LogP contribution in [0.25, 0.3) is 11.0 Å². The van der Waals surface area contributed by atoms with E-state index in [1.165, 1.54) is 47.6 Å². The number of nitrogen functional groups attached to an aromatic ring is 1. The van der Waals surface area contributed by atoms with Crippen molar-refractivity contribution in [2.75, 3.05) is 5.73 Å². The highest BCUT2D eigenvalue weighted by Gasteiger charge is 2.19. The van der Waals surface area contributed by atoms with Gasteiger partial charge in [0, 0.05) is 9.61 Å². The topological polar surface area (TPSA) is 43.8 Å². The van der Waals surface area contributed by atoms with Crippen molar-refractivity contribution >= 4 is 39.6 Å². The van der Waals surface area contributed by atoms with E-state index in [0.717, 1.165) is 5.52 Å². The van der Waals surface area contributed by atoms with E-state index in [2.05, 4.69) is 50.3 Å². The Balaban J connectivity index is 2.06. The third-order valence-electron chi connectivity index (χ3n) is 3.87. The predicted octanol–water partition coefficient (Wildman–Crippen LogP) is 4.12. The van der Waals surface area contributed by atoms with E-state index < -0.39 is 0 Å². The first-order chi connectivity index (χ1) is 8.75. The minimum Gasteiger partial charge on any atom is -0.369 e. The van der Waals surface area contributed by atoms with Crippen molar-refractivity contribution in [3.05, 3.63) is 21.8 Å². The summed E-state index contributed by atoms with van der Waals surface area (Å²) >= 11 is 2.32. The molecule has 2 aromatic rings. The fraction of sp³-hybridized carbons (Fsp3) is 0.500. The first-order valence-corrected chi connectivity index (χ1v) is 7.76. The largest absolute Gasteiger partial charge is 0.369 e. The van der Waals surface area contributed by atoms with E-state index in [1.807, 2.05) is 0 Å². The summed E-state index contributed by atoms with van der Waals surface area (Å²) in [5.41, 5.74) is 8.36. The number of halogens is 1. The lowest BCUT2D eigenvalue weighted by molar-refractivity contribution is 0.459. The van der Waals surface area contributed by atoms with Crippen molar-refractivity contribution in [1.29, 1.82) is 0 Å². The molecule has 1 aromatic carbocycles. The average molecular weight is 355 g/mol. The number of aromatic nitrogens is 2. The smallest absolute Gasteiger partial charge is 0.201 e. The number of fused-ring (bicyclic) bond motifs is 1. The molecule has 1 fully saturated rings. The van der Waals surface area contributed by atoms with Crippen LogP contribution in [0.5, 0.6) is 0 Å². The SMILES string of the molecule is Nc1nc2cc(I)ccc2n1C1CCCCCC1. The van der Waals surface area contributed by atoms with Gasteiger partial charge in [-0.25, -0.2) is 4.98 Å². The van der Waals surface area contributed by atoms with E-state index in [9.17, 15) is 0 Å². The molecule has 1 saturated carbocycles. The summed E-state index contributed by atoms with van der Waals surface area (Å²) in [4.78, 5) is 4.52. The van der Waals surface area contributed by atoms with Gasteiger partial charge >= 0.3 is 0 Å². The average Bonchev–Trinajstić information content (AvgIpc) is 2.54. The number of imidazole rings is 1. The van der Waals surface area contributed by atoms with Gasteiger partial charge < -0.3 is 10.3 Å². The zero-order valence-electron chi connectivity index (χ0n) is 10.4. The van der Waals surface area contributed by atoms with Gasteiger partial charge in [0.15, 0.2) is 0 Å². The van der Waals surface area contributed by atoms with Crippen LogP contribution in [0.3, 0.4) is 0 Å². The van der Waals surface area contributed by atoms with Gasteiger partial charge in [0.05, 0.1) is 11.0 Å². The molecule has 0 atom stereocenters. The Morgan fingerprint density at radius 2 is 1.89 bits per heavy atom.